The van der Waals surface area contributed by atoms with Crippen LogP contribution < -0.4 is 15.2 Å². The molecule has 7 heteroatoms. The highest BCUT2D eigenvalue weighted by atomic mass is 16.6. The number of hydrogen-bond acceptors (Lipinski definition) is 6. The van der Waals surface area contributed by atoms with Crippen molar-refractivity contribution in [1.29, 1.82) is 0 Å². The molecule has 2 heterocycles. The Bertz CT molecular complexity index is 860. The average Bonchev–Trinajstić information content (AvgIpc) is 3.24. The van der Waals surface area contributed by atoms with E-state index in [0.29, 0.717) is 36.5 Å². The molecule has 0 radical (unpaired) electrons. The molecule has 3 N–H and O–H groups in total. The summed E-state index contributed by atoms with van der Waals surface area (Å²) >= 11 is 0. The van der Waals surface area contributed by atoms with Crippen LogP contribution in [0.15, 0.2) is 47.2 Å². The highest BCUT2D eigenvalue weighted by Crippen LogP contribution is 2.60. The molecule has 4 rings (SSSR count). The van der Waals surface area contributed by atoms with Gasteiger partial charge < -0.3 is 25.1 Å². The van der Waals surface area contributed by atoms with Gasteiger partial charge in [-0.05, 0) is 37.6 Å². The number of carbonyl (C=O) groups excluding carboxylic acids is 1. The average molecular weight is 370 g/mol. The van der Waals surface area contributed by atoms with Crippen LogP contribution in [0.25, 0.3) is 0 Å². The summed E-state index contributed by atoms with van der Waals surface area (Å²) in [5.74, 6) is 1.89. The molecule has 1 aromatic rings. The van der Waals surface area contributed by atoms with Crippen LogP contribution in [-0.2, 0) is 9.53 Å². The second kappa shape index (κ2) is 6.83. The monoisotopic (exact) mass is 370 g/mol. The molecule has 0 aromatic heterocycles. The minimum absolute atomic E-state index is 0.0545. The molecule has 142 valence electrons. The van der Waals surface area contributed by atoms with Crippen LogP contribution in [0.4, 0.5) is 0 Å². The fourth-order valence-electron chi connectivity index (χ4n) is 3.79. The van der Waals surface area contributed by atoms with Gasteiger partial charge in [0.15, 0.2) is 6.29 Å². The Labute approximate surface area is 157 Å². The SMILES string of the molecule is C=C/C(Oc1ccc2c(c1)C1C(O2)[C@H]1C(O)OCC)=C1/CCC(=O)N=C1N. The molecule has 7 nitrogen and oxygen atoms in total. The molecule has 2 aliphatic heterocycles. The quantitative estimate of drug-likeness (QED) is 0.586. The number of nitrogens with zero attached hydrogens (tertiary/aromatic N) is 1. The number of rotatable bonds is 6. The van der Waals surface area contributed by atoms with Gasteiger partial charge in [0.2, 0.25) is 5.91 Å². The molecule has 3 unspecified atom stereocenters. The Hall–Kier alpha value is -2.64. The third-order valence-corrected chi connectivity index (χ3v) is 5.13. The molecule has 1 amide bonds. The van der Waals surface area contributed by atoms with Gasteiger partial charge in [-0.2, -0.15) is 4.99 Å². The summed E-state index contributed by atoms with van der Waals surface area (Å²) < 4.78 is 17.2. The van der Waals surface area contributed by atoms with E-state index < -0.39 is 6.29 Å². The van der Waals surface area contributed by atoms with Gasteiger partial charge in [-0.1, -0.05) is 6.58 Å². The highest BCUT2D eigenvalue weighted by molar-refractivity contribution is 6.06. The zero-order chi connectivity index (χ0) is 19.1. The molecule has 1 aliphatic carbocycles. The van der Waals surface area contributed by atoms with Crippen molar-refractivity contribution in [2.75, 3.05) is 6.61 Å². The number of ether oxygens (including phenoxy) is 3. The van der Waals surface area contributed by atoms with Crippen molar-refractivity contribution in [2.24, 2.45) is 16.6 Å². The summed E-state index contributed by atoms with van der Waals surface area (Å²) in [6.45, 7) is 6.09. The van der Waals surface area contributed by atoms with E-state index in [0.717, 1.165) is 11.3 Å². The van der Waals surface area contributed by atoms with Crippen molar-refractivity contribution in [3.63, 3.8) is 0 Å². The zero-order valence-electron chi connectivity index (χ0n) is 15.1. The number of aliphatic hydroxyl groups is 1. The van der Waals surface area contributed by atoms with E-state index >= 15 is 0 Å². The normalized spacial score (nSPS) is 28.4. The first-order valence-corrected chi connectivity index (χ1v) is 9.04. The van der Waals surface area contributed by atoms with Gasteiger partial charge in [0.05, 0.1) is 5.92 Å². The first-order valence-electron chi connectivity index (χ1n) is 9.04. The Morgan fingerprint density at radius 3 is 3.04 bits per heavy atom. The fraction of sp³-hybridized carbons (Fsp3) is 0.400. The number of amides is 1. The molecule has 3 aliphatic rings. The molecule has 1 saturated carbocycles. The third kappa shape index (κ3) is 3.13. The Morgan fingerprint density at radius 1 is 1.52 bits per heavy atom. The molecule has 1 aromatic carbocycles. The Morgan fingerprint density at radius 2 is 2.33 bits per heavy atom. The van der Waals surface area contributed by atoms with E-state index in [1.54, 1.807) is 6.08 Å². The number of fused-ring (bicyclic) bond motifs is 3. The predicted octanol–water partition coefficient (Wildman–Crippen LogP) is 2.01. The first-order chi connectivity index (χ1) is 13.0. The lowest BCUT2D eigenvalue weighted by Crippen LogP contribution is -2.24. The zero-order valence-corrected chi connectivity index (χ0v) is 15.1. The maximum absolute atomic E-state index is 11.4. The molecule has 0 bridgehead atoms. The molecule has 0 saturated heterocycles. The number of amidine groups is 1. The van der Waals surface area contributed by atoms with Gasteiger partial charge in [0.1, 0.15) is 29.2 Å². The summed E-state index contributed by atoms with van der Waals surface area (Å²) in [5.41, 5.74) is 7.55. The maximum atomic E-state index is 11.4. The number of aliphatic hydroxyl groups excluding tert-OH is 1. The first kappa shape index (κ1) is 17.8. The van der Waals surface area contributed by atoms with E-state index in [4.69, 9.17) is 19.9 Å². The standard InChI is InChI=1S/C20H22N2O5/c1-3-13(11-6-8-15(23)22-19(11)21)26-10-5-7-14-12(9-10)16-17(18(16)27-14)20(24)25-4-2/h3,5,7,9,16-18,20,24H,1,4,6,8H2,2H3,(H2,21,22,23)/b13-11+/t16?,17-,18?,20?/m0/s1. The van der Waals surface area contributed by atoms with Crippen molar-refractivity contribution in [3.8, 4) is 11.5 Å². The van der Waals surface area contributed by atoms with E-state index in [9.17, 15) is 9.90 Å². The maximum Gasteiger partial charge on any atom is 0.247 e. The second-order valence-electron chi connectivity index (χ2n) is 6.77. The van der Waals surface area contributed by atoms with E-state index in [1.807, 2.05) is 25.1 Å². The third-order valence-electron chi connectivity index (χ3n) is 5.13. The van der Waals surface area contributed by atoms with Crippen LogP contribution in [-0.4, -0.2) is 35.9 Å². The summed E-state index contributed by atoms with van der Waals surface area (Å²) in [4.78, 5) is 15.2. The lowest BCUT2D eigenvalue weighted by molar-refractivity contribution is -0.118. The van der Waals surface area contributed by atoms with Crippen molar-refractivity contribution in [2.45, 2.75) is 38.1 Å². The van der Waals surface area contributed by atoms with Crippen LogP contribution in [0.1, 0.15) is 31.2 Å². The molecule has 0 spiro atoms. The van der Waals surface area contributed by atoms with Gasteiger partial charge in [-0.15, -0.1) is 0 Å². The van der Waals surface area contributed by atoms with Crippen LogP contribution in [0, 0.1) is 5.92 Å². The number of aliphatic imine (C=N–C) groups is 1. The topological polar surface area (TPSA) is 103 Å². The summed E-state index contributed by atoms with van der Waals surface area (Å²) in [6.07, 6.45) is 1.45. The summed E-state index contributed by atoms with van der Waals surface area (Å²) in [7, 11) is 0. The molecular formula is C20H22N2O5. The number of allylic oxidation sites excluding steroid dienone is 1. The van der Waals surface area contributed by atoms with Crippen molar-refractivity contribution in [1.82, 2.24) is 0 Å². The number of nitrogens with two attached hydrogens (primary N) is 1. The van der Waals surface area contributed by atoms with Crippen LogP contribution in [0.3, 0.4) is 0 Å². The van der Waals surface area contributed by atoms with Crippen LogP contribution >= 0.6 is 0 Å². The van der Waals surface area contributed by atoms with Gasteiger partial charge in [-0.25, -0.2) is 0 Å². The van der Waals surface area contributed by atoms with Crippen molar-refractivity contribution in [3.05, 3.63) is 47.7 Å². The van der Waals surface area contributed by atoms with Crippen LogP contribution in [0.2, 0.25) is 0 Å². The van der Waals surface area contributed by atoms with Gasteiger partial charge in [-0.3, -0.25) is 4.79 Å². The number of benzene rings is 1. The van der Waals surface area contributed by atoms with E-state index in [2.05, 4.69) is 11.6 Å². The minimum Gasteiger partial charge on any atom is -0.489 e. The number of hydrogen-bond donors (Lipinski definition) is 2. The van der Waals surface area contributed by atoms with E-state index in [-0.39, 0.29) is 29.7 Å². The van der Waals surface area contributed by atoms with Crippen LogP contribution in [0.5, 0.6) is 11.5 Å². The molecule has 27 heavy (non-hydrogen) atoms. The van der Waals surface area contributed by atoms with Crippen molar-refractivity contribution < 1.29 is 24.1 Å². The highest BCUT2D eigenvalue weighted by Gasteiger charge is 2.62. The summed E-state index contributed by atoms with van der Waals surface area (Å²) in [5, 5.41) is 10.1. The van der Waals surface area contributed by atoms with Gasteiger partial charge in [0, 0.05) is 30.1 Å². The van der Waals surface area contributed by atoms with Gasteiger partial charge in [0.25, 0.3) is 0 Å². The molecular weight excluding hydrogens is 348 g/mol. The summed E-state index contributed by atoms with van der Waals surface area (Å²) in [6, 6.07) is 5.57. The lowest BCUT2D eigenvalue weighted by Gasteiger charge is -2.17. The predicted molar refractivity (Wildman–Crippen MR) is 98.4 cm³/mol. The minimum atomic E-state index is -0.829. The Balaban J connectivity index is 1.56. The van der Waals surface area contributed by atoms with Gasteiger partial charge >= 0.3 is 0 Å². The molecule has 4 atom stereocenters. The van der Waals surface area contributed by atoms with E-state index in [1.165, 1.54) is 0 Å². The number of carbonyl (C=O) groups is 1. The van der Waals surface area contributed by atoms with Crippen molar-refractivity contribution >= 4 is 11.7 Å². The second-order valence-corrected chi connectivity index (χ2v) is 6.77. The Kier molecular flexibility index (Phi) is 4.49. The fourth-order valence-corrected chi connectivity index (χ4v) is 3.79. The largest absolute Gasteiger partial charge is 0.489 e. The smallest absolute Gasteiger partial charge is 0.247 e. The lowest BCUT2D eigenvalue weighted by atomic mass is 10.0. The molecule has 1 fully saturated rings.